The van der Waals surface area contributed by atoms with Gasteiger partial charge in [-0.3, -0.25) is 4.40 Å². The largest absolute Gasteiger partial charge is 0.493 e. The summed E-state index contributed by atoms with van der Waals surface area (Å²) in [4.78, 5) is 17.3. The van der Waals surface area contributed by atoms with Gasteiger partial charge in [-0.15, -0.1) is 11.3 Å². The number of benzene rings is 1. The highest BCUT2D eigenvalue weighted by Crippen LogP contribution is 2.31. The highest BCUT2D eigenvalue weighted by atomic mass is 35.5. The Kier molecular flexibility index (Phi) is 4.40. The third-order valence-corrected chi connectivity index (χ3v) is 4.33. The summed E-state index contributed by atoms with van der Waals surface area (Å²) in [6.45, 7) is 0.00985. The number of aromatic nitrogens is 2. The Hall–Kier alpha value is -2.25. The topological polar surface area (TPSA) is 62.1 Å². The fraction of sp³-hybridized carbons (Fsp3) is 0.200. The molecule has 23 heavy (non-hydrogen) atoms. The van der Waals surface area contributed by atoms with Gasteiger partial charge in [0.25, 0.3) is 0 Å². The van der Waals surface area contributed by atoms with Crippen molar-refractivity contribution in [3.05, 3.63) is 46.2 Å². The maximum atomic E-state index is 12.3. The van der Waals surface area contributed by atoms with E-state index in [1.165, 1.54) is 25.6 Å². The minimum atomic E-state index is -0.526. The van der Waals surface area contributed by atoms with Crippen LogP contribution >= 0.6 is 22.9 Å². The van der Waals surface area contributed by atoms with Gasteiger partial charge < -0.3 is 14.2 Å². The van der Waals surface area contributed by atoms with Gasteiger partial charge in [0.05, 0.1) is 19.9 Å². The summed E-state index contributed by atoms with van der Waals surface area (Å²) in [5.41, 5.74) is 0.909. The van der Waals surface area contributed by atoms with Crippen molar-refractivity contribution in [2.45, 2.75) is 6.61 Å². The fourth-order valence-electron chi connectivity index (χ4n) is 2.19. The highest BCUT2D eigenvalue weighted by Gasteiger charge is 2.19. The number of halogens is 1. The minimum absolute atomic E-state index is 0.00985. The monoisotopic (exact) mass is 352 g/mol. The molecule has 2 heterocycles. The average Bonchev–Trinajstić information content (AvgIpc) is 3.12. The van der Waals surface area contributed by atoms with Crippen LogP contribution in [0.5, 0.6) is 11.5 Å². The second-order valence-electron chi connectivity index (χ2n) is 4.52. The van der Waals surface area contributed by atoms with E-state index in [2.05, 4.69) is 4.98 Å². The van der Waals surface area contributed by atoms with Crippen molar-refractivity contribution < 1.29 is 19.0 Å². The molecule has 0 radical (unpaired) electrons. The number of esters is 1. The molecule has 0 spiro atoms. The Morgan fingerprint density at radius 3 is 2.91 bits per heavy atom. The molecule has 3 aromatic rings. The number of imidazole rings is 1. The summed E-state index contributed by atoms with van der Waals surface area (Å²) < 4.78 is 17.6. The van der Waals surface area contributed by atoms with E-state index in [9.17, 15) is 4.79 Å². The number of fused-ring (bicyclic) bond motifs is 1. The number of nitrogens with zero attached hydrogens (tertiary/aromatic N) is 2. The predicted octanol–water partition coefficient (Wildman–Crippen LogP) is 3.42. The Labute approximate surface area is 141 Å². The summed E-state index contributed by atoms with van der Waals surface area (Å²) in [7, 11) is 2.98. The van der Waals surface area contributed by atoms with E-state index in [0.29, 0.717) is 22.3 Å². The molecule has 0 unspecified atom stereocenters. The van der Waals surface area contributed by atoms with Crippen LogP contribution < -0.4 is 9.47 Å². The van der Waals surface area contributed by atoms with Crippen molar-refractivity contribution in [3.8, 4) is 11.5 Å². The van der Waals surface area contributed by atoms with E-state index >= 15 is 0 Å². The lowest BCUT2D eigenvalue weighted by Crippen LogP contribution is -2.09. The molecule has 2 aromatic heterocycles. The summed E-state index contributed by atoms with van der Waals surface area (Å²) in [6.07, 6.45) is 1.83. The van der Waals surface area contributed by atoms with Crippen LogP contribution in [0.2, 0.25) is 5.15 Å². The second kappa shape index (κ2) is 6.47. The van der Waals surface area contributed by atoms with Crippen molar-refractivity contribution in [3.63, 3.8) is 0 Å². The van der Waals surface area contributed by atoms with Crippen LogP contribution in [0.1, 0.15) is 16.1 Å². The van der Waals surface area contributed by atoms with Crippen molar-refractivity contribution in [1.82, 2.24) is 9.38 Å². The molecule has 0 saturated heterocycles. The quantitative estimate of drug-likeness (QED) is 0.658. The van der Waals surface area contributed by atoms with Crippen LogP contribution in [0.15, 0.2) is 29.8 Å². The Morgan fingerprint density at radius 2 is 2.17 bits per heavy atom. The van der Waals surface area contributed by atoms with Crippen molar-refractivity contribution in [1.29, 1.82) is 0 Å². The van der Waals surface area contributed by atoms with E-state index in [-0.39, 0.29) is 12.2 Å². The molecule has 0 N–H and O–H groups in total. The van der Waals surface area contributed by atoms with Gasteiger partial charge in [0.1, 0.15) is 12.2 Å². The lowest BCUT2D eigenvalue weighted by Gasteiger charge is -2.12. The number of carbonyl (C=O) groups excluding carboxylic acids is 1. The molecule has 0 saturated carbocycles. The number of ether oxygens (including phenoxy) is 3. The standard InChI is InChI=1S/C15H13ClN2O4S/c1-20-11-5-3-4-9(12(11)21-2)14(19)22-8-10-13(16)17-15-18(10)6-7-23-15/h3-7H,8H2,1-2H3. The first-order chi connectivity index (χ1) is 11.2. The summed E-state index contributed by atoms with van der Waals surface area (Å²) in [6, 6.07) is 5.01. The van der Waals surface area contributed by atoms with Crippen LogP contribution in [0.3, 0.4) is 0 Å². The van der Waals surface area contributed by atoms with Crippen LogP contribution in [-0.2, 0) is 11.3 Å². The Morgan fingerprint density at radius 1 is 1.35 bits per heavy atom. The maximum absolute atomic E-state index is 12.3. The van der Waals surface area contributed by atoms with E-state index in [1.807, 2.05) is 11.6 Å². The molecule has 3 rings (SSSR count). The van der Waals surface area contributed by atoms with Crippen LogP contribution in [0.25, 0.3) is 4.96 Å². The molecule has 8 heteroatoms. The zero-order valence-electron chi connectivity index (χ0n) is 12.4. The first-order valence-electron chi connectivity index (χ1n) is 6.63. The van der Waals surface area contributed by atoms with Gasteiger partial charge in [0.15, 0.2) is 21.6 Å². The third kappa shape index (κ3) is 2.85. The third-order valence-electron chi connectivity index (χ3n) is 3.28. The zero-order valence-corrected chi connectivity index (χ0v) is 14.0. The summed E-state index contributed by atoms with van der Waals surface area (Å²) >= 11 is 7.54. The zero-order chi connectivity index (χ0) is 16.4. The van der Waals surface area contributed by atoms with E-state index in [4.69, 9.17) is 25.8 Å². The number of methoxy groups -OCH3 is 2. The number of carbonyl (C=O) groups is 1. The molecule has 120 valence electrons. The highest BCUT2D eigenvalue weighted by molar-refractivity contribution is 7.15. The van der Waals surface area contributed by atoms with Crippen LogP contribution in [0.4, 0.5) is 0 Å². The molecule has 1 aromatic carbocycles. The van der Waals surface area contributed by atoms with Crippen molar-refractivity contribution >= 4 is 33.9 Å². The second-order valence-corrected chi connectivity index (χ2v) is 5.75. The average molecular weight is 353 g/mol. The number of rotatable bonds is 5. The Balaban J connectivity index is 1.83. The first-order valence-corrected chi connectivity index (χ1v) is 7.89. The molecule has 0 amide bonds. The molecule has 0 bridgehead atoms. The number of thiazole rings is 1. The fourth-order valence-corrected chi connectivity index (χ4v) is 3.20. The van der Waals surface area contributed by atoms with Gasteiger partial charge in [0.2, 0.25) is 0 Å². The van der Waals surface area contributed by atoms with E-state index < -0.39 is 5.97 Å². The van der Waals surface area contributed by atoms with Crippen LogP contribution in [-0.4, -0.2) is 29.6 Å². The van der Waals surface area contributed by atoms with Gasteiger partial charge in [-0.1, -0.05) is 17.7 Å². The van der Waals surface area contributed by atoms with Crippen molar-refractivity contribution in [2.75, 3.05) is 14.2 Å². The first kappa shape index (κ1) is 15.6. The molecule has 0 aliphatic carbocycles. The molecule has 0 fully saturated rings. The molecule has 0 atom stereocenters. The molecular formula is C15H13ClN2O4S. The lowest BCUT2D eigenvalue weighted by atomic mass is 10.2. The minimum Gasteiger partial charge on any atom is -0.493 e. The van der Waals surface area contributed by atoms with E-state index in [0.717, 1.165) is 4.96 Å². The van der Waals surface area contributed by atoms with Gasteiger partial charge in [-0.05, 0) is 12.1 Å². The van der Waals surface area contributed by atoms with Gasteiger partial charge in [-0.2, -0.15) is 0 Å². The number of hydrogen-bond acceptors (Lipinski definition) is 6. The van der Waals surface area contributed by atoms with E-state index in [1.54, 1.807) is 22.6 Å². The predicted molar refractivity (Wildman–Crippen MR) is 86.7 cm³/mol. The summed E-state index contributed by atoms with van der Waals surface area (Å²) in [5.74, 6) is 0.270. The molecule has 0 aliphatic rings. The Bertz CT molecular complexity index is 858. The smallest absolute Gasteiger partial charge is 0.342 e. The molecular weight excluding hydrogens is 340 g/mol. The van der Waals surface area contributed by atoms with Gasteiger partial charge in [-0.25, -0.2) is 9.78 Å². The number of para-hydroxylation sites is 1. The number of hydrogen-bond donors (Lipinski definition) is 0. The van der Waals surface area contributed by atoms with Gasteiger partial charge in [0, 0.05) is 11.6 Å². The maximum Gasteiger partial charge on any atom is 0.342 e. The van der Waals surface area contributed by atoms with Crippen molar-refractivity contribution in [2.24, 2.45) is 0 Å². The van der Waals surface area contributed by atoms with Gasteiger partial charge >= 0.3 is 5.97 Å². The summed E-state index contributed by atoms with van der Waals surface area (Å²) in [5, 5.41) is 2.21. The normalized spacial score (nSPS) is 10.7. The SMILES string of the molecule is COc1cccc(C(=O)OCc2c(Cl)nc3sccn23)c1OC. The molecule has 6 nitrogen and oxygen atoms in total. The van der Waals surface area contributed by atoms with Crippen LogP contribution in [0, 0.1) is 0 Å². The molecule has 0 aliphatic heterocycles. The lowest BCUT2D eigenvalue weighted by molar-refractivity contribution is 0.0463.